The van der Waals surface area contributed by atoms with Crippen LogP contribution in [0.15, 0.2) is 35.7 Å². The normalized spacial score (nSPS) is 15.9. The van der Waals surface area contributed by atoms with Crippen LogP contribution in [-0.4, -0.2) is 30.1 Å². The zero-order valence-corrected chi connectivity index (χ0v) is 13.1. The number of nitrogens with zero attached hydrogens (tertiary/aromatic N) is 2. The quantitative estimate of drug-likeness (QED) is 0.919. The number of aromatic nitrogens is 1. The minimum Gasteiger partial charge on any atom is -0.373 e. The summed E-state index contributed by atoms with van der Waals surface area (Å²) in [6.07, 6.45) is 2.23. The fourth-order valence-corrected chi connectivity index (χ4v) is 3.39. The standard InChI is InChI=1S/C16H19N3O2S/c17-15(20)14-11-22-16(18-14)19-8-6-13(7-9-19)21-10-12-4-2-1-3-5-12/h1-5,11,13H,6-10H2,(H2,17,20). The molecule has 3 rings (SSSR count). The maximum absolute atomic E-state index is 11.1. The van der Waals surface area contributed by atoms with Gasteiger partial charge in [-0.3, -0.25) is 4.79 Å². The van der Waals surface area contributed by atoms with Gasteiger partial charge < -0.3 is 15.4 Å². The molecule has 1 amide bonds. The van der Waals surface area contributed by atoms with Gasteiger partial charge in [0.15, 0.2) is 5.13 Å². The van der Waals surface area contributed by atoms with Gasteiger partial charge in [0, 0.05) is 18.5 Å². The molecule has 1 fully saturated rings. The Morgan fingerprint density at radius 1 is 1.32 bits per heavy atom. The first kappa shape index (κ1) is 15.0. The molecule has 1 aliphatic rings. The van der Waals surface area contributed by atoms with Crippen LogP contribution in [0.25, 0.3) is 0 Å². The van der Waals surface area contributed by atoms with Crippen LogP contribution in [0.5, 0.6) is 0 Å². The topological polar surface area (TPSA) is 68.5 Å². The minimum atomic E-state index is -0.469. The van der Waals surface area contributed by atoms with Crippen molar-refractivity contribution >= 4 is 22.4 Å². The van der Waals surface area contributed by atoms with Gasteiger partial charge in [-0.1, -0.05) is 30.3 Å². The molecule has 1 aromatic heterocycles. The van der Waals surface area contributed by atoms with E-state index in [0.29, 0.717) is 12.3 Å². The zero-order chi connectivity index (χ0) is 15.4. The van der Waals surface area contributed by atoms with E-state index >= 15 is 0 Å². The minimum absolute atomic E-state index is 0.284. The lowest BCUT2D eigenvalue weighted by atomic mass is 10.1. The van der Waals surface area contributed by atoms with Gasteiger partial charge in [-0.2, -0.15) is 0 Å². The maximum Gasteiger partial charge on any atom is 0.268 e. The van der Waals surface area contributed by atoms with E-state index < -0.39 is 5.91 Å². The number of anilines is 1. The van der Waals surface area contributed by atoms with Crippen molar-refractivity contribution in [3.05, 3.63) is 47.0 Å². The lowest BCUT2D eigenvalue weighted by molar-refractivity contribution is 0.0251. The third kappa shape index (κ3) is 3.64. The van der Waals surface area contributed by atoms with Crippen molar-refractivity contribution in [3.8, 4) is 0 Å². The van der Waals surface area contributed by atoms with E-state index in [0.717, 1.165) is 31.1 Å². The number of nitrogens with two attached hydrogens (primary N) is 1. The average molecular weight is 317 g/mol. The molecule has 2 heterocycles. The molecular weight excluding hydrogens is 298 g/mol. The molecule has 6 heteroatoms. The van der Waals surface area contributed by atoms with Crippen molar-refractivity contribution in [2.75, 3.05) is 18.0 Å². The van der Waals surface area contributed by atoms with E-state index in [9.17, 15) is 4.79 Å². The first-order chi connectivity index (χ1) is 10.7. The van der Waals surface area contributed by atoms with Gasteiger partial charge in [0.2, 0.25) is 0 Å². The Morgan fingerprint density at radius 3 is 2.68 bits per heavy atom. The van der Waals surface area contributed by atoms with Gasteiger partial charge in [0.05, 0.1) is 12.7 Å². The molecule has 0 aliphatic carbocycles. The second-order valence-corrected chi connectivity index (χ2v) is 6.20. The van der Waals surface area contributed by atoms with Crippen molar-refractivity contribution in [1.29, 1.82) is 0 Å². The van der Waals surface area contributed by atoms with Gasteiger partial charge in [-0.15, -0.1) is 11.3 Å². The molecule has 2 N–H and O–H groups in total. The molecule has 0 spiro atoms. The van der Waals surface area contributed by atoms with Gasteiger partial charge >= 0.3 is 0 Å². The summed E-state index contributed by atoms with van der Waals surface area (Å²) in [7, 11) is 0. The first-order valence-corrected chi connectivity index (χ1v) is 8.26. The highest BCUT2D eigenvalue weighted by Gasteiger charge is 2.22. The highest BCUT2D eigenvalue weighted by molar-refractivity contribution is 7.13. The highest BCUT2D eigenvalue weighted by Crippen LogP contribution is 2.25. The summed E-state index contributed by atoms with van der Waals surface area (Å²) in [5.41, 5.74) is 6.79. The fraction of sp³-hybridized carbons (Fsp3) is 0.375. The van der Waals surface area contributed by atoms with Crippen LogP contribution in [0.4, 0.5) is 5.13 Å². The summed E-state index contributed by atoms with van der Waals surface area (Å²) in [5, 5.41) is 2.59. The number of ether oxygens (including phenoxy) is 1. The molecule has 2 aromatic rings. The van der Waals surface area contributed by atoms with E-state index in [1.807, 2.05) is 18.2 Å². The van der Waals surface area contributed by atoms with E-state index in [1.165, 1.54) is 16.9 Å². The number of primary amides is 1. The Balaban J connectivity index is 1.48. The predicted molar refractivity (Wildman–Crippen MR) is 87.1 cm³/mol. The molecule has 116 valence electrons. The fourth-order valence-electron chi connectivity index (χ4n) is 2.52. The second-order valence-electron chi connectivity index (χ2n) is 5.36. The van der Waals surface area contributed by atoms with Crippen LogP contribution in [-0.2, 0) is 11.3 Å². The SMILES string of the molecule is NC(=O)c1csc(N2CCC(OCc3ccccc3)CC2)n1. The van der Waals surface area contributed by atoms with Crippen LogP contribution < -0.4 is 10.6 Å². The number of hydrogen-bond acceptors (Lipinski definition) is 5. The molecule has 0 radical (unpaired) electrons. The Hall–Kier alpha value is -1.92. The monoisotopic (exact) mass is 317 g/mol. The third-order valence-electron chi connectivity index (χ3n) is 3.79. The number of rotatable bonds is 5. The van der Waals surface area contributed by atoms with Crippen molar-refractivity contribution < 1.29 is 9.53 Å². The number of carbonyl (C=O) groups excluding carboxylic acids is 1. The molecule has 1 saturated heterocycles. The summed E-state index contributed by atoms with van der Waals surface area (Å²) in [6, 6.07) is 10.2. The van der Waals surface area contributed by atoms with Crippen molar-refractivity contribution in [1.82, 2.24) is 4.98 Å². The van der Waals surface area contributed by atoms with E-state index in [2.05, 4.69) is 22.0 Å². The lowest BCUT2D eigenvalue weighted by Gasteiger charge is -2.31. The Bertz CT molecular complexity index is 621. The summed E-state index contributed by atoms with van der Waals surface area (Å²) < 4.78 is 5.98. The van der Waals surface area contributed by atoms with E-state index in [-0.39, 0.29) is 6.10 Å². The summed E-state index contributed by atoms with van der Waals surface area (Å²) >= 11 is 1.47. The first-order valence-electron chi connectivity index (χ1n) is 7.38. The van der Waals surface area contributed by atoms with E-state index in [1.54, 1.807) is 5.38 Å². The van der Waals surface area contributed by atoms with Gasteiger partial charge in [-0.25, -0.2) is 4.98 Å². The predicted octanol–water partition coefficient (Wildman–Crippen LogP) is 2.43. The maximum atomic E-state index is 11.1. The molecule has 0 unspecified atom stereocenters. The van der Waals surface area contributed by atoms with Gasteiger partial charge in [0.25, 0.3) is 5.91 Å². The molecule has 1 aromatic carbocycles. The molecule has 0 bridgehead atoms. The largest absolute Gasteiger partial charge is 0.373 e. The number of thiazole rings is 1. The van der Waals surface area contributed by atoms with Crippen LogP contribution in [0.1, 0.15) is 28.9 Å². The zero-order valence-electron chi connectivity index (χ0n) is 12.3. The molecular formula is C16H19N3O2S. The molecule has 1 aliphatic heterocycles. The number of benzene rings is 1. The summed E-state index contributed by atoms with van der Waals surface area (Å²) in [4.78, 5) is 17.6. The Kier molecular flexibility index (Phi) is 4.70. The van der Waals surface area contributed by atoms with Crippen molar-refractivity contribution in [2.24, 2.45) is 5.73 Å². The number of piperidine rings is 1. The van der Waals surface area contributed by atoms with Crippen LogP contribution >= 0.6 is 11.3 Å². The van der Waals surface area contributed by atoms with Crippen LogP contribution in [0, 0.1) is 0 Å². The smallest absolute Gasteiger partial charge is 0.268 e. The van der Waals surface area contributed by atoms with Crippen LogP contribution in [0.3, 0.4) is 0 Å². The van der Waals surface area contributed by atoms with Gasteiger partial charge in [0.1, 0.15) is 5.69 Å². The molecule has 5 nitrogen and oxygen atoms in total. The Labute approximate surface area is 133 Å². The van der Waals surface area contributed by atoms with E-state index in [4.69, 9.17) is 10.5 Å². The average Bonchev–Trinajstić information content (AvgIpc) is 3.05. The summed E-state index contributed by atoms with van der Waals surface area (Å²) in [5.74, 6) is -0.469. The van der Waals surface area contributed by atoms with Gasteiger partial charge in [-0.05, 0) is 18.4 Å². The van der Waals surface area contributed by atoms with Crippen molar-refractivity contribution in [3.63, 3.8) is 0 Å². The molecule has 0 atom stereocenters. The van der Waals surface area contributed by atoms with Crippen LogP contribution in [0.2, 0.25) is 0 Å². The highest BCUT2D eigenvalue weighted by atomic mass is 32.1. The third-order valence-corrected chi connectivity index (χ3v) is 4.69. The Morgan fingerprint density at radius 2 is 2.05 bits per heavy atom. The number of amides is 1. The second kappa shape index (κ2) is 6.89. The number of carbonyl (C=O) groups is 1. The number of hydrogen-bond donors (Lipinski definition) is 1. The molecule has 22 heavy (non-hydrogen) atoms. The molecule has 0 saturated carbocycles. The van der Waals surface area contributed by atoms with Crippen molar-refractivity contribution in [2.45, 2.75) is 25.6 Å². The summed E-state index contributed by atoms with van der Waals surface area (Å²) in [6.45, 7) is 2.45. The lowest BCUT2D eigenvalue weighted by Crippen LogP contribution is -2.37.